The minimum Gasteiger partial charge on any atom is -0.466 e. The van der Waals surface area contributed by atoms with Crippen LogP contribution in [0, 0.1) is 0 Å². The lowest BCUT2D eigenvalue weighted by molar-refractivity contribution is -0.143. The van der Waals surface area contributed by atoms with E-state index in [1.54, 1.807) is 0 Å². The second kappa shape index (κ2) is 69.6. The average molecular weight is 1120 g/mol. The number of ether oxygens (including phenoxy) is 1. The van der Waals surface area contributed by atoms with Crippen LogP contribution >= 0.6 is 0 Å². The van der Waals surface area contributed by atoms with E-state index >= 15 is 0 Å². The van der Waals surface area contributed by atoms with Gasteiger partial charge in [0.2, 0.25) is 5.91 Å². The number of hydrogen-bond donors (Lipinski definition) is 3. The summed E-state index contributed by atoms with van der Waals surface area (Å²) in [6, 6.07) is -0.549. The minimum atomic E-state index is -0.671. The number of aliphatic hydroxyl groups is 2. The van der Waals surface area contributed by atoms with Gasteiger partial charge in [-0.05, 0) is 83.5 Å². The highest BCUT2D eigenvalue weighted by Gasteiger charge is 2.20. The van der Waals surface area contributed by atoms with Gasteiger partial charge in [-0.25, -0.2) is 0 Å². The van der Waals surface area contributed by atoms with Crippen LogP contribution < -0.4 is 5.32 Å². The first-order valence-corrected chi connectivity index (χ1v) is 36.2. The fourth-order valence-electron chi connectivity index (χ4n) is 11.4. The molecule has 0 bridgehead atoms. The lowest BCUT2D eigenvalue weighted by Gasteiger charge is -2.22. The number of nitrogens with one attached hydrogen (secondary N) is 1. The second-order valence-electron chi connectivity index (χ2n) is 24.9. The summed E-state index contributed by atoms with van der Waals surface area (Å²) in [4.78, 5) is 24.7. The third-order valence-electron chi connectivity index (χ3n) is 16.9. The Labute approximate surface area is 500 Å². The molecule has 0 spiro atoms. The van der Waals surface area contributed by atoms with E-state index in [1.807, 2.05) is 0 Å². The Morgan fingerprint density at radius 3 is 0.988 bits per heavy atom. The molecular formula is C74H141NO5. The number of amides is 1. The lowest BCUT2D eigenvalue weighted by Crippen LogP contribution is -2.45. The molecule has 0 aliphatic rings. The van der Waals surface area contributed by atoms with Crippen LogP contribution in [0.1, 0.15) is 399 Å². The van der Waals surface area contributed by atoms with Gasteiger partial charge in [0.15, 0.2) is 0 Å². The minimum absolute atomic E-state index is 0.00532. The Kier molecular flexibility index (Phi) is 67.9. The molecule has 2 atom stereocenters. The fourth-order valence-corrected chi connectivity index (χ4v) is 11.4. The SMILES string of the molecule is CCCCC/C=C\C/C=C\CCCCCCCCCCCC(=O)OCCCCCCCCCCCC/C=C\CCCCCCCCCC(=O)NC(CO)C(O)CCCCCCCCCCCCCCCCCCCCCCCCC. The molecule has 0 aromatic heterocycles. The van der Waals surface area contributed by atoms with Crippen molar-refractivity contribution in [2.45, 2.75) is 411 Å². The van der Waals surface area contributed by atoms with Crippen LogP contribution in [-0.2, 0) is 14.3 Å². The maximum absolute atomic E-state index is 12.6. The normalized spacial score (nSPS) is 12.7. The third kappa shape index (κ3) is 65.2. The Morgan fingerprint density at radius 1 is 0.350 bits per heavy atom. The molecule has 0 rings (SSSR count). The smallest absolute Gasteiger partial charge is 0.305 e. The van der Waals surface area contributed by atoms with E-state index in [1.165, 1.54) is 315 Å². The van der Waals surface area contributed by atoms with E-state index in [0.717, 1.165) is 51.4 Å². The summed E-state index contributed by atoms with van der Waals surface area (Å²) in [5.74, 6) is -0.0333. The van der Waals surface area contributed by atoms with Gasteiger partial charge in [0, 0.05) is 12.8 Å². The molecule has 0 saturated carbocycles. The highest BCUT2D eigenvalue weighted by atomic mass is 16.5. The highest BCUT2D eigenvalue weighted by molar-refractivity contribution is 5.76. The molecule has 0 aromatic rings. The summed E-state index contributed by atoms with van der Waals surface area (Å²) in [6.07, 6.45) is 89.0. The van der Waals surface area contributed by atoms with Crippen molar-refractivity contribution in [2.75, 3.05) is 13.2 Å². The fraction of sp³-hybridized carbons (Fsp3) is 0.892. The van der Waals surface area contributed by atoms with Crippen molar-refractivity contribution in [3.8, 4) is 0 Å². The van der Waals surface area contributed by atoms with Crippen LogP contribution in [0.4, 0.5) is 0 Å². The molecular weight excluding hydrogens is 983 g/mol. The number of carbonyl (C=O) groups excluding carboxylic acids is 2. The van der Waals surface area contributed by atoms with Crippen LogP contribution in [0.25, 0.3) is 0 Å². The predicted octanol–water partition coefficient (Wildman–Crippen LogP) is 23.5. The lowest BCUT2D eigenvalue weighted by atomic mass is 10.0. The van der Waals surface area contributed by atoms with Crippen molar-refractivity contribution < 1.29 is 24.5 Å². The number of carbonyl (C=O) groups is 2. The first-order valence-electron chi connectivity index (χ1n) is 36.2. The Balaban J connectivity index is 3.41. The zero-order valence-electron chi connectivity index (χ0n) is 54.1. The first-order chi connectivity index (χ1) is 39.5. The van der Waals surface area contributed by atoms with E-state index in [-0.39, 0.29) is 18.5 Å². The van der Waals surface area contributed by atoms with Gasteiger partial charge in [0.25, 0.3) is 0 Å². The Hall–Kier alpha value is -1.92. The molecule has 0 aliphatic heterocycles. The van der Waals surface area contributed by atoms with Gasteiger partial charge in [0.05, 0.1) is 25.4 Å². The van der Waals surface area contributed by atoms with E-state index in [4.69, 9.17) is 4.74 Å². The van der Waals surface area contributed by atoms with Gasteiger partial charge >= 0.3 is 5.97 Å². The summed E-state index contributed by atoms with van der Waals surface area (Å²) >= 11 is 0. The van der Waals surface area contributed by atoms with Crippen molar-refractivity contribution in [3.05, 3.63) is 36.5 Å². The van der Waals surface area contributed by atoms with E-state index < -0.39 is 12.1 Å². The number of rotatable bonds is 68. The molecule has 80 heavy (non-hydrogen) atoms. The molecule has 3 N–H and O–H groups in total. The van der Waals surface area contributed by atoms with Gasteiger partial charge in [-0.2, -0.15) is 0 Å². The van der Waals surface area contributed by atoms with E-state index in [9.17, 15) is 19.8 Å². The highest BCUT2D eigenvalue weighted by Crippen LogP contribution is 2.19. The van der Waals surface area contributed by atoms with Crippen LogP contribution in [0.3, 0.4) is 0 Å². The molecule has 6 nitrogen and oxygen atoms in total. The van der Waals surface area contributed by atoms with Crippen LogP contribution in [0.2, 0.25) is 0 Å². The van der Waals surface area contributed by atoms with Gasteiger partial charge in [-0.1, -0.05) is 339 Å². The topological polar surface area (TPSA) is 95.9 Å². The Bertz CT molecular complexity index is 1300. The number of hydrogen-bond acceptors (Lipinski definition) is 5. The molecule has 0 aliphatic carbocycles. The van der Waals surface area contributed by atoms with Crippen molar-refractivity contribution in [2.24, 2.45) is 0 Å². The molecule has 0 fully saturated rings. The predicted molar refractivity (Wildman–Crippen MR) is 352 cm³/mol. The van der Waals surface area contributed by atoms with Crippen LogP contribution in [0.5, 0.6) is 0 Å². The summed E-state index contributed by atoms with van der Waals surface area (Å²) in [5, 5.41) is 23.4. The summed E-state index contributed by atoms with van der Waals surface area (Å²) in [7, 11) is 0. The zero-order valence-corrected chi connectivity index (χ0v) is 54.1. The first kappa shape index (κ1) is 78.1. The molecule has 0 saturated heterocycles. The van der Waals surface area contributed by atoms with Crippen molar-refractivity contribution in [1.82, 2.24) is 5.32 Å². The average Bonchev–Trinajstić information content (AvgIpc) is 3.46. The quantitative estimate of drug-likeness (QED) is 0.0320. The van der Waals surface area contributed by atoms with E-state index in [0.29, 0.717) is 25.9 Å². The maximum atomic E-state index is 12.6. The van der Waals surface area contributed by atoms with Gasteiger partial charge in [-0.15, -0.1) is 0 Å². The summed E-state index contributed by atoms with van der Waals surface area (Å²) in [6.45, 7) is 4.96. The number of unbranched alkanes of at least 4 members (excludes halogenated alkanes) is 51. The number of allylic oxidation sites excluding steroid dienone is 6. The van der Waals surface area contributed by atoms with Gasteiger partial charge in [-0.3, -0.25) is 9.59 Å². The molecule has 2 unspecified atom stereocenters. The molecule has 472 valence electrons. The molecule has 0 aromatic carbocycles. The monoisotopic (exact) mass is 1120 g/mol. The maximum Gasteiger partial charge on any atom is 0.305 e. The molecule has 1 amide bonds. The summed E-state index contributed by atoms with van der Waals surface area (Å²) < 4.78 is 5.50. The third-order valence-corrected chi connectivity index (χ3v) is 16.9. The molecule has 0 radical (unpaired) electrons. The number of esters is 1. The zero-order chi connectivity index (χ0) is 57.8. The molecule has 6 heteroatoms. The Morgan fingerprint density at radius 2 is 0.625 bits per heavy atom. The largest absolute Gasteiger partial charge is 0.466 e. The second-order valence-corrected chi connectivity index (χ2v) is 24.9. The van der Waals surface area contributed by atoms with Gasteiger partial charge in [0.1, 0.15) is 0 Å². The van der Waals surface area contributed by atoms with Gasteiger partial charge < -0.3 is 20.3 Å². The van der Waals surface area contributed by atoms with Crippen LogP contribution in [-0.4, -0.2) is 47.4 Å². The summed E-state index contributed by atoms with van der Waals surface area (Å²) in [5.41, 5.74) is 0. The van der Waals surface area contributed by atoms with E-state index in [2.05, 4.69) is 55.6 Å². The molecule has 0 heterocycles. The standard InChI is InChI=1S/C74H141NO5/c1-3-5-7-9-11-13-15-17-19-21-23-24-25-27-31-34-38-42-46-50-54-58-62-66-72(77)71(70-76)75-73(78)67-63-59-55-51-47-43-39-35-32-28-26-29-33-37-41-45-49-53-57-61-65-69-80-74(79)68-64-60-56-52-48-44-40-36-30-22-20-18-16-14-12-10-8-6-4-2/h12,14,18,20,28,32,71-72,76-77H,3-11,13,15-17,19,21-27,29-31,33-70H2,1-2H3,(H,75,78)/b14-12-,20-18-,32-28-. The number of aliphatic hydroxyl groups excluding tert-OH is 2. The van der Waals surface area contributed by atoms with Crippen molar-refractivity contribution >= 4 is 11.9 Å². The van der Waals surface area contributed by atoms with Crippen LogP contribution in [0.15, 0.2) is 36.5 Å². The van der Waals surface area contributed by atoms with Crippen molar-refractivity contribution in [3.63, 3.8) is 0 Å². The van der Waals surface area contributed by atoms with Crippen molar-refractivity contribution in [1.29, 1.82) is 0 Å².